The van der Waals surface area contributed by atoms with Gasteiger partial charge in [-0.25, -0.2) is 0 Å². The Kier molecular flexibility index (Phi) is 3.53. The lowest BCUT2D eigenvalue weighted by Gasteiger charge is -2.32. The second-order valence-corrected chi connectivity index (χ2v) is 10.6. The lowest BCUT2D eigenvalue weighted by Crippen LogP contribution is -2.32. The van der Waals surface area contributed by atoms with Crippen molar-refractivity contribution in [2.45, 2.75) is 51.1 Å². The molecule has 0 aromatic carbocycles. The lowest BCUT2D eigenvalue weighted by molar-refractivity contribution is -0.146. The minimum atomic E-state index is -1.13. The third-order valence-electron chi connectivity index (χ3n) is 2.73. The van der Waals surface area contributed by atoms with Gasteiger partial charge in [0.2, 0.25) is 0 Å². The van der Waals surface area contributed by atoms with Crippen molar-refractivity contribution in [3.63, 3.8) is 0 Å². The van der Waals surface area contributed by atoms with Crippen LogP contribution in [0, 0.1) is 0 Å². The molecule has 1 aliphatic rings. The number of rotatable bonds is 2. The van der Waals surface area contributed by atoms with Crippen LogP contribution in [0.15, 0.2) is 12.2 Å². The van der Waals surface area contributed by atoms with Crippen molar-refractivity contribution in [1.29, 1.82) is 0 Å². The van der Waals surface area contributed by atoms with Crippen LogP contribution >= 0.6 is 0 Å². The molecule has 0 saturated carbocycles. The first-order valence-corrected chi connectivity index (χ1v) is 8.81. The number of hydrogen-bond donors (Lipinski definition) is 0. The first-order valence-electron chi connectivity index (χ1n) is 5.23. The van der Waals surface area contributed by atoms with E-state index in [0.29, 0.717) is 5.54 Å². The third-order valence-corrected chi connectivity index (χ3v) is 5.38. The molecular formula is C11H20O2Si. The SMILES string of the molecule is CC(=O)O[C@@H]1CC=C[C@H]([Si](C)(C)C)C1. The summed E-state index contributed by atoms with van der Waals surface area (Å²) in [6.45, 7) is 8.57. The van der Waals surface area contributed by atoms with Crippen LogP contribution in [0.3, 0.4) is 0 Å². The molecule has 2 atom stereocenters. The number of hydrogen-bond acceptors (Lipinski definition) is 2. The second kappa shape index (κ2) is 4.30. The predicted octanol–water partition coefficient (Wildman–Crippen LogP) is 2.98. The zero-order valence-corrected chi connectivity index (χ0v) is 10.5. The highest BCUT2D eigenvalue weighted by Crippen LogP contribution is 2.33. The zero-order chi connectivity index (χ0) is 10.8. The molecule has 0 aromatic heterocycles. The van der Waals surface area contributed by atoms with Gasteiger partial charge >= 0.3 is 5.97 Å². The molecule has 0 spiro atoms. The molecule has 0 N–H and O–H groups in total. The van der Waals surface area contributed by atoms with Crippen LogP contribution < -0.4 is 0 Å². The van der Waals surface area contributed by atoms with Crippen LogP contribution in [0.5, 0.6) is 0 Å². The van der Waals surface area contributed by atoms with Gasteiger partial charge in [-0.05, 0) is 12.0 Å². The quantitative estimate of drug-likeness (QED) is 0.399. The summed E-state index contributed by atoms with van der Waals surface area (Å²) in [5, 5.41) is 0. The summed E-state index contributed by atoms with van der Waals surface area (Å²) in [6.07, 6.45) is 6.51. The summed E-state index contributed by atoms with van der Waals surface area (Å²) < 4.78 is 5.25. The maximum atomic E-state index is 10.8. The fraction of sp³-hybridized carbons (Fsp3) is 0.727. The van der Waals surface area contributed by atoms with Crippen molar-refractivity contribution in [3.8, 4) is 0 Å². The Morgan fingerprint density at radius 1 is 1.43 bits per heavy atom. The molecule has 0 saturated heterocycles. The number of ether oxygens (including phenoxy) is 1. The topological polar surface area (TPSA) is 26.3 Å². The molecular weight excluding hydrogens is 192 g/mol. The molecule has 0 bridgehead atoms. The van der Waals surface area contributed by atoms with E-state index in [-0.39, 0.29) is 12.1 Å². The summed E-state index contributed by atoms with van der Waals surface area (Å²) in [7, 11) is -1.13. The third kappa shape index (κ3) is 3.29. The predicted molar refractivity (Wildman–Crippen MR) is 61.0 cm³/mol. The molecule has 1 rings (SSSR count). The molecule has 80 valence electrons. The van der Waals surface area contributed by atoms with Gasteiger partial charge in [0, 0.05) is 13.3 Å². The standard InChI is InChI=1S/C11H20O2Si/c1-9(12)13-10-6-5-7-11(8-10)14(2,3)4/h5,7,10-11H,6,8H2,1-4H3/t10-,11+/m1/s1. The lowest BCUT2D eigenvalue weighted by atomic mass is 10.0. The largest absolute Gasteiger partial charge is 0.462 e. The Balaban J connectivity index is 2.56. The summed E-state index contributed by atoms with van der Waals surface area (Å²) in [4.78, 5) is 10.8. The normalized spacial score (nSPS) is 27.4. The van der Waals surface area contributed by atoms with E-state index in [2.05, 4.69) is 31.8 Å². The Labute approximate surface area is 87.3 Å². The fourth-order valence-electron chi connectivity index (χ4n) is 1.83. The molecule has 0 radical (unpaired) electrons. The zero-order valence-electron chi connectivity index (χ0n) is 9.54. The number of allylic oxidation sites excluding steroid dienone is 1. The Bertz CT molecular complexity index is 240. The van der Waals surface area contributed by atoms with Gasteiger partial charge in [-0.3, -0.25) is 4.79 Å². The maximum Gasteiger partial charge on any atom is 0.302 e. The smallest absolute Gasteiger partial charge is 0.302 e. The van der Waals surface area contributed by atoms with Crippen LogP contribution in [0.25, 0.3) is 0 Å². The minimum Gasteiger partial charge on any atom is -0.462 e. The Morgan fingerprint density at radius 2 is 2.07 bits per heavy atom. The van der Waals surface area contributed by atoms with Crippen LogP contribution in [0.1, 0.15) is 19.8 Å². The molecule has 2 nitrogen and oxygen atoms in total. The van der Waals surface area contributed by atoms with E-state index in [1.807, 2.05) is 0 Å². The monoisotopic (exact) mass is 212 g/mol. The fourth-order valence-corrected chi connectivity index (χ4v) is 3.51. The average Bonchev–Trinajstić information content (AvgIpc) is 2.01. The van der Waals surface area contributed by atoms with E-state index in [4.69, 9.17) is 4.74 Å². The first-order chi connectivity index (χ1) is 6.39. The number of esters is 1. The van der Waals surface area contributed by atoms with Crippen molar-refractivity contribution < 1.29 is 9.53 Å². The van der Waals surface area contributed by atoms with E-state index in [1.54, 1.807) is 0 Å². The van der Waals surface area contributed by atoms with Crippen LogP contribution in [0.2, 0.25) is 25.2 Å². The Morgan fingerprint density at radius 3 is 2.57 bits per heavy atom. The highest BCUT2D eigenvalue weighted by Gasteiger charge is 2.30. The average molecular weight is 212 g/mol. The molecule has 0 amide bonds. The molecule has 3 heteroatoms. The van der Waals surface area contributed by atoms with Gasteiger partial charge in [0.1, 0.15) is 6.10 Å². The van der Waals surface area contributed by atoms with Crippen molar-refractivity contribution in [1.82, 2.24) is 0 Å². The van der Waals surface area contributed by atoms with Crippen molar-refractivity contribution in [2.24, 2.45) is 0 Å². The van der Waals surface area contributed by atoms with E-state index < -0.39 is 8.07 Å². The van der Waals surface area contributed by atoms with Crippen LogP contribution in [-0.2, 0) is 9.53 Å². The van der Waals surface area contributed by atoms with E-state index in [9.17, 15) is 4.79 Å². The van der Waals surface area contributed by atoms with E-state index in [1.165, 1.54) is 6.92 Å². The molecule has 0 fully saturated rings. The van der Waals surface area contributed by atoms with Crippen molar-refractivity contribution in [2.75, 3.05) is 0 Å². The minimum absolute atomic E-state index is 0.120. The van der Waals surface area contributed by atoms with Crippen molar-refractivity contribution >= 4 is 14.0 Å². The molecule has 14 heavy (non-hydrogen) atoms. The van der Waals surface area contributed by atoms with Gasteiger partial charge in [0.15, 0.2) is 0 Å². The molecule has 0 aromatic rings. The van der Waals surface area contributed by atoms with Gasteiger partial charge in [0.25, 0.3) is 0 Å². The number of carbonyl (C=O) groups is 1. The first kappa shape index (κ1) is 11.5. The van der Waals surface area contributed by atoms with Gasteiger partial charge < -0.3 is 4.74 Å². The maximum absolute atomic E-state index is 10.8. The number of carbonyl (C=O) groups excluding carboxylic acids is 1. The molecule has 0 heterocycles. The van der Waals surface area contributed by atoms with Gasteiger partial charge in [0.05, 0.1) is 8.07 Å². The highest BCUT2D eigenvalue weighted by molar-refractivity contribution is 6.78. The van der Waals surface area contributed by atoms with Gasteiger partial charge in [-0.2, -0.15) is 0 Å². The summed E-state index contributed by atoms with van der Waals surface area (Å²) in [5.74, 6) is -0.153. The van der Waals surface area contributed by atoms with E-state index in [0.717, 1.165) is 12.8 Å². The second-order valence-electron chi connectivity index (χ2n) is 5.10. The van der Waals surface area contributed by atoms with Gasteiger partial charge in [-0.15, -0.1) is 0 Å². The summed E-state index contributed by atoms with van der Waals surface area (Å²) in [5.41, 5.74) is 0.653. The highest BCUT2D eigenvalue weighted by atomic mass is 28.3. The summed E-state index contributed by atoms with van der Waals surface area (Å²) >= 11 is 0. The Hall–Kier alpha value is -0.573. The van der Waals surface area contributed by atoms with Crippen LogP contribution in [0.4, 0.5) is 0 Å². The van der Waals surface area contributed by atoms with E-state index >= 15 is 0 Å². The molecule has 1 aliphatic carbocycles. The van der Waals surface area contributed by atoms with Gasteiger partial charge in [-0.1, -0.05) is 31.8 Å². The van der Waals surface area contributed by atoms with Crippen molar-refractivity contribution in [3.05, 3.63) is 12.2 Å². The molecule has 0 aliphatic heterocycles. The molecule has 0 unspecified atom stereocenters. The van der Waals surface area contributed by atoms with Crippen LogP contribution in [-0.4, -0.2) is 20.1 Å². The summed E-state index contributed by atoms with van der Waals surface area (Å²) in [6, 6.07) is 0.